The topological polar surface area (TPSA) is 0 Å². The van der Waals surface area contributed by atoms with Crippen molar-refractivity contribution in [2.24, 2.45) is 0 Å². The molecule has 0 heterocycles. The predicted molar refractivity (Wildman–Crippen MR) is 211 cm³/mol. The Kier molecular flexibility index (Phi) is 5.54. The smallest absolute Gasteiger partial charge is 0.000728 e. The highest BCUT2D eigenvalue weighted by molar-refractivity contribution is 6.27. The van der Waals surface area contributed by atoms with E-state index in [1.165, 1.54) is 109 Å². The third-order valence-electron chi connectivity index (χ3n) is 11.1. The molecule has 10 aromatic carbocycles. The monoisotopic (exact) mass is 618 g/mol. The Bertz CT molecular complexity index is 2940. The summed E-state index contributed by atoms with van der Waals surface area (Å²) in [4.78, 5) is 0. The standard InChI is InChI=1S/C49H30/c1-2-12-34-31(11-1)26-49-45(32-22-24-44-40-18-6-4-14-36(40)38-16-8-10-20-42(38)48(44)27-32)28-33(29-46(34)49)30-21-23-43-39-17-5-3-13-35(39)37-15-7-9-19-41(37)47(43)25-30/h1-25,27-29H,26H2. The molecule has 0 unspecified atom stereocenters. The van der Waals surface area contributed by atoms with E-state index in [1.807, 2.05) is 0 Å². The van der Waals surface area contributed by atoms with Gasteiger partial charge in [0.25, 0.3) is 0 Å². The molecule has 0 radical (unpaired) electrons. The molecule has 226 valence electrons. The summed E-state index contributed by atoms with van der Waals surface area (Å²) >= 11 is 0. The van der Waals surface area contributed by atoms with Crippen LogP contribution in [0.25, 0.3) is 98.0 Å². The molecule has 0 aliphatic heterocycles. The molecule has 1 aliphatic carbocycles. The van der Waals surface area contributed by atoms with Gasteiger partial charge in [0.2, 0.25) is 0 Å². The number of benzene rings is 10. The predicted octanol–water partition coefficient (Wildman–Crippen LogP) is 13.5. The van der Waals surface area contributed by atoms with Crippen molar-refractivity contribution in [3.8, 4) is 33.4 Å². The van der Waals surface area contributed by atoms with Gasteiger partial charge in [-0.15, -0.1) is 0 Å². The van der Waals surface area contributed by atoms with E-state index in [9.17, 15) is 0 Å². The zero-order valence-electron chi connectivity index (χ0n) is 26.9. The summed E-state index contributed by atoms with van der Waals surface area (Å²) in [6.45, 7) is 0. The van der Waals surface area contributed by atoms with Gasteiger partial charge in [-0.05, 0) is 140 Å². The van der Waals surface area contributed by atoms with Gasteiger partial charge in [0.05, 0.1) is 0 Å². The minimum Gasteiger partial charge on any atom is -0.0619 e. The van der Waals surface area contributed by atoms with Crippen molar-refractivity contribution in [3.05, 3.63) is 181 Å². The maximum Gasteiger partial charge on any atom is -0.000728 e. The molecule has 0 aromatic heterocycles. The first-order chi connectivity index (χ1) is 24.3. The molecule has 0 saturated heterocycles. The van der Waals surface area contributed by atoms with Crippen LogP contribution in [0.2, 0.25) is 0 Å². The molecule has 0 bridgehead atoms. The molecule has 0 nitrogen and oxygen atoms in total. The molecule has 1 aliphatic rings. The zero-order valence-corrected chi connectivity index (χ0v) is 26.9. The maximum atomic E-state index is 2.46. The number of fused-ring (bicyclic) bond motifs is 15. The molecule has 49 heavy (non-hydrogen) atoms. The lowest BCUT2D eigenvalue weighted by atomic mass is 9.87. The summed E-state index contributed by atoms with van der Waals surface area (Å²) in [6.07, 6.45) is 0.950. The average molecular weight is 619 g/mol. The minimum absolute atomic E-state index is 0.950. The Labute approximate surface area is 284 Å². The van der Waals surface area contributed by atoms with Crippen molar-refractivity contribution < 1.29 is 0 Å². The Morgan fingerprint density at radius 1 is 0.245 bits per heavy atom. The summed E-state index contributed by atoms with van der Waals surface area (Å²) in [5.74, 6) is 0. The van der Waals surface area contributed by atoms with Crippen molar-refractivity contribution in [1.82, 2.24) is 0 Å². The molecule has 11 rings (SSSR count). The van der Waals surface area contributed by atoms with Gasteiger partial charge in [-0.25, -0.2) is 0 Å². The lowest BCUT2D eigenvalue weighted by molar-refractivity contribution is 1.26. The Morgan fingerprint density at radius 2 is 0.633 bits per heavy atom. The molecule has 0 atom stereocenters. The fourth-order valence-corrected chi connectivity index (χ4v) is 8.82. The van der Waals surface area contributed by atoms with Crippen LogP contribution >= 0.6 is 0 Å². The van der Waals surface area contributed by atoms with Crippen LogP contribution in [0.15, 0.2) is 170 Å². The maximum absolute atomic E-state index is 2.46. The van der Waals surface area contributed by atoms with Crippen LogP contribution in [0.5, 0.6) is 0 Å². The molecule has 0 amide bonds. The van der Waals surface area contributed by atoms with E-state index < -0.39 is 0 Å². The normalized spacial score (nSPS) is 12.4. The van der Waals surface area contributed by atoms with E-state index >= 15 is 0 Å². The van der Waals surface area contributed by atoms with Gasteiger partial charge in [0, 0.05) is 0 Å². The highest BCUT2D eigenvalue weighted by Crippen LogP contribution is 2.46. The van der Waals surface area contributed by atoms with E-state index in [0.717, 1.165) is 6.42 Å². The van der Waals surface area contributed by atoms with E-state index in [4.69, 9.17) is 0 Å². The van der Waals surface area contributed by atoms with Gasteiger partial charge in [0.15, 0.2) is 0 Å². The van der Waals surface area contributed by atoms with Crippen molar-refractivity contribution in [3.63, 3.8) is 0 Å². The van der Waals surface area contributed by atoms with Crippen LogP contribution in [0.3, 0.4) is 0 Å². The largest absolute Gasteiger partial charge is 0.0619 e. The highest BCUT2D eigenvalue weighted by atomic mass is 14.3. The van der Waals surface area contributed by atoms with Gasteiger partial charge < -0.3 is 0 Å². The van der Waals surface area contributed by atoms with Crippen molar-refractivity contribution >= 4 is 64.6 Å². The van der Waals surface area contributed by atoms with Crippen LogP contribution in [-0.4, -0.2) is 0 Å². The molecule has 10 aromatic rings. The van der Waals surface area contributed by atoms with Crippen molar-refractivity contribution in [2.45, 2.75) is 6.42 Å². The van der Waals surface area contributed by atoms with Gasteiger partial charge in [-0.2, -0.15) is 0 Å². The van der Waals surface area contributed by atoms with Gasteiger partial charge >= 0.3 is 0 Å². The lowest BCUT2D eigenvalue weighted by Crippen LogP contribution is -1.92. The van der Waals surface area contributed by atoms with Crippen LogP contribution in [-0.2, 0) is 6.42 Å². The van der Waals surface area contributed by atoms with E-state index in [0.29, 0.717) is 0 Å². The summed E-state index contributed by atoms with van der Waals surface area (Å²) < 4.78 is 0. The Balaban J connectivity index is 1.19. The molecule has 0 saturated carbocycles. The fourth-order valence-electron chi connectivity index (χ4n) is 8.82. The highest BCUT2D eigenvalue weighted by Gasteiger charge is 2.24. The van der Waals surface area contributed by atoms with Crippen LogP contribution < -0.4 is 0 Å². The van der Waals surface area contributed by atoms with Crippen LogP contribution in [0.1, 0.15) is 11.1 Å². The van der Waals surface area contributed by atoms with E-state index in [-0.39, 0.29) is 0 Å². The summed E-state index contributed by atoms with van der Waals surface area (Å²) in [5, 5.41) is 15.7. The van der Waals surface area contributed by atoms with Crippen molar-refractivity contribution in [2.75, 3.05) is 0 Å². The molecule has 0 spiro atoms. The third-order valence-corrected chi connectivity index (χ3v) is 11.1. The molecule has 0 N–H and O–H groups in total. The fraction of sp³-hybridized carbons (Fsp3) is 0.0204. The van der Waals surface area contributed by atoms with Crippen LogP contribution in [0, 0.1) is 0 Å². The van der Waals surface area contributed by atoms with E-state index in [1.54, 1.807) is 0 Å². The lowest BCUT2D eigenvalue weighted by Gasteiger charge is -2.16. The zero-order chi connectivity index (χ0) is 32.1. The van der Waals surface area contributed by atoms with Crippen LogP contribution in [0.4, 0.5) is 0 Å². The van der Waals surface area contributed by atoms with E-state index in [2.05, 4.69) is 170 Å². The second-order valence-electron chi connectivity index (χ2n) is 13.6. The minimum atomic E-state index is 0.950. The number of hydrogen-bond donors (Lipinski definition) is 0. The Hall–Kier alpha value is -6.24. The van der Waals surface area contributed by atoms with Gasteiger partial charge in [-0.1, -0.05) is 146 Å². The quantitative estimate of drug-likeness (QED) is 0.169. The number of rotatable bonds is 2. The molecular weight excluding hydrogens is 589 g/mol. The van der Waals surface area contributed by atoms with Crippen molar-refractivity contribution in [1.29, 1.82) is 0 Å². The second-order valence-corrected chi connectivity index (χ2v) is 13.6. The summed E-state index contributed by atoms with van der Waals surface area (Å²) in [7, 11) is 0. The average Bonchev–Trinajstić information content (AvgIpc) is 3.56. The summed E-state index contributed by atoms with van der Waals surface area (Å²) in [6, 6.07) is 63.5. The van der Waals surface area contributed by atoms with Gasteiger partial charge in [-0.3, -0.25) is 0 Å². The molecule has 0 fully saturated rings. The second kappa shape index (κ2) is 10.1. The Morgan fingerprint density at radius 3 is 1.16 bits per heavy atom. The first-order valence-corrected chi connectivity index (χ1v) is 17.2. The third kappa shape index (κ3) is 3.86. The molecular formula is C49H30. The first-order valence-electron chi connectivity index (χ1n) is 17.2. The number of hydrogen-bond acceptors (Lipinski definition) is 0. The first kappa shape index (κ1) is 26.8. The summed E-state index contributed by atoms with van der Waals surface area (Å²) in [5.41, 5.74) is 10.6. The SMILES string of the molecule is c1ccc2c(c1)Cc1c(-c3ccc4c5ccccc5c5ccccc5c4c3)cc(-c3ccc4c5ccccc5c5ccccc5c4c3)cc1-2. The van der Waals surface area contributed by atoms with Gasteiger partial charge in [0.1, 0.15) is 0 Å². The molecule has 0 heteroatoms.